The SMILES string of the molecule is C=CCN(CCC)C(=O)[C@@H]1[C@H]2C(=O)N(CCCO)C(C(=O)N(CC=C)c3ccc(OC)cc3)C23S[C@@H]1CC3C. The Hall–Kier alpha value is -2.78. The Bertz CT molecular complexity index is 1090. The van der Waals surface area contributed by atoms with E-state index in [-0.39, 0.29) is 48.6 Å². The van der Waals surface area contributed by atoms with Crippen molar-refractivity contribution >= 4 is 35.2 Å². The van der Waals surface area contributed by atoms with E-state index in [4.69, 9.17) is 4.74 Å². The van der Waals surface area contributed by atoms with E-state index in [1.165, 1.54) is 0 Å². The third-order valence-corrected chi connectivity index (χ3v) is 10.5. The van der Waals surface area contributed by atoms with Crippen molar-refractivity contribution in [1.82, 2.24) is 9.80 Å². The maximum atomic E-state index is 14.6. The molecule has 3 saturated heterocycles. The summed E-state index contributed by atoms with van der Waals surface area (Å²) in [5.41, 5.74) is 0.688. The predicted octanol–water partition coefficient (Wildman–Crippen LogP) is 3.36. The first-order chi connectivity index (χ1) is 18.8. The number of carbonyl (C=O) groups excluding carboxylic acids is 3. The van der Waals surface area contributed by atoms with Crippen molar-refractivity contribution in [3.05, 3.63) is 49.6 Å². The Morgan fingerprint density at radius 2 is 1.90 bits per heavy atom. The standard InChI is InChI=1S/C30H41N3O5S/c1-6-14-31(15-7-2)27(35)24-23-19-20(4)30(39-23)25(24)28(36)33(17-9-18-34)26(30)29(37)32(16-8-3)21-10-12-22(38-5)13-11-21/h6,8,10-13,20,23-26,34H,1,3,7,9,14-19H2,2,4-5H3/t20?,23-,24+,25+,26?,30?/m1/s1. The molecule has 0 saturated carbocycles. The van der Waals surface area contributed by atoms with Crippen LogP contribution in [0.3, 0.4) is 0 Å². The first-order valence-corrected chi connectivity index (χ1v) is 14.7. The van der Waals surface area contributed by atoms with Crippen LogP contribution in [0.1, 0.15) is 33.1 Å². The predicted molar refractivity (Wildman–Crippen MR) is 155 cm³/mol. The van der Waals surface area contributed by atoms with Gasteiger partial charge in [-0.3, -0.25) is 14.4 Å². The number of ether oxygens (including phenoxy) is 1. The van der Waals surface area contributed by atoms with Gasteiger partial charge >= 0.3 is 0 Å². The Kier molecular flexibility index (Phi) is 9.11. The van der Waals surface area contributed by atoms with Crippen LogP contribution in [-0.4, -0.2) is 88.6 Å². The van der Waals surface area contributed by atoms with E-state index in [1.54, 1.807) is 57.9 Å². The summed E-state index contributed by atoms with van der Waals surface area (Å²) in [5.74, 6) is -0.659. The number of carbonyl (C=O) groups is 3. The van der Waals surface area contributed by atoms with Gasteiger partial charge in [-0.05, 0) is 49.4 Å². The lowest BCUT2D eigenvalue weighted by atomic mass is 9.65. The van der Waals surface area contributed by atoms with Gasteiger partial charge in [-0.1, -0.05) is 26.0 Å². The summed E-state index contributed by atoms with van der Waals surface area (Å²) in [6, 6.07) is 6.52. The first-order valence-electron chi connectivity index (χ1n) is 13.9. The normalized spacial score (nSPS) is 28.8. The molecule has 3 amide bonds. The summed E-state index contributed by atoms with van der Waals surface area (Å²) in [7, 11) is 1.59. The van der Waals surface area contributed by atoms with Gasteiger partial charge < -0.3 is 24.5 Å². The van der Waals surface area contributed by atoms with Crippen molar-refractivity contribution in [3.63, 3.8) is 0 Å². The highest BCUT2D eigenvalue weighted by Crippen LogP contribution is 2.69. The van der Waals surface area contributed by atoms with E-state index < -0.39 is 22.6 Å². The number of anilines is 1. The Labute approximate surface area is 236 Å². The summed E-state index contributed by atoms with van der Waals surface area (Å²) in [6.45, 7) is 13.3. The summed E-state index contributed by atoms with van der Waals surface area (Å²) in [6.07, 6.45) is 5.36. The molecule has 4 rings (SSSR count). The average molecular weight is 556 g/mol. The van der Waals surface area contributed by atoms with Gasteiger partial charge in [-0.2, -0.15) is 0 Å². The molecule has 0 aromatic heterocycles. The lowest BCUT2D eigenvalue weighted by Gasteiger charge is -2.41. The molecule has 1 aromatic rings. The molecule has 0 aliphatic carbocycles. The van der Waals surface area contributed by atoms with Crippen LogP contribution < -0.4 is 9.64 Å². The number of aliphatic hydroxyl groups excluding tert-OH is 1. The fourth-order valence-electron chi connectivity index (χ4n) is 6.85. The van der Waals surface area contributed by atoms with Crippen LogP contribution in [0.5, 0.6) is 5.75 Å². The van der Waals surface area contributed by atoms with E-state index >= 15 is 0 Å². The van der Waals surface area contributed by atoms with Crippen LogP contribution >= 0.6 is 11.8 Å². The molecule has 3 unspecified atom stereocenters. The molecule has 2 bridgehead atoms. The Morgan fingerprint density at radius 1 is 1.21 bits per heavy atom. The van der Waals surface area contributed by atoms with Crippen LogP contribution in [0.15, 0.2) is 49.6 Å². The molecule has 3 aliphatic rings. The molecule has 9 heteroatoms. The minimum absolute atomic E-state index is 0.0187. The molecule has 3 aliphatic heterocycles. The van der Waals surface area contributed by atoms with Crippen molar-refractivity contribution in [2.24, 2.45) is 17.8 Å². The van der Waals surface area contributed by atoms with Gasteiger partial charge in [0.2, 0.25) is 11.8 Å². The molecule has 0 radical (unpaired) electrons. The third kappa shape index (κ3) is 4.88. The second-order valence-electron chi connectivity index (χ2n) is 10.7. The van der Waals surface area contributed by atoms with Crippen molar-refractivity contribution in [2.75, 3.05) is 44.8 Å². The fraction of sp³-hybridized carbons (Fsp3) is 0.567. The topological polar surface area (TPSA) is 90.4 Å². The highest BCUT2D eigenvalue weighted by molar-refractivity contribution is 8.02. The van der Waals surface area contributed by atoms with Gasteiger partial charge in [0, 0.05) is 43.7 Å². The largest absolute Gasteiger partial charge is 0.497 e. The molecule has 3 heterocycles. The fourth-order valence-corrected chi connectivity index (χ4v) is 9.26. The zero-order valence-corrected chi connectivity index (χ0v) is 24.1. The number of nitrogens with zero attached hydrogens (tertiary/aromatic N) is 3. The van der Waals surface area contributed by atoms with Gasteiger partial charge in [-0.25, -0.2) is 0 Å². The Balaban J connectivity index is 1.78. The maximum absolute atomic E-state index is 14.6. The van der Waals surface area contributed by atoms with Crippen molar-refractivity contribution < 1.29 is 24.2 Å². The number of methoxy groups -OCH3 is 1. The summed E-state index contributed by atoms with van der Waals surface area (Å²) in [4.78, 5) is 47.9. The number of aliphatic hydroxyl groups is 1. The van der Waals surface area contributed by atoms with Gasteiger partial charge in [0.1, 0.15) is 11.8 Å². The van der Waals surface area contributed by atoms with Crippen LogP contribution in [0.4, 0.5) is 5.69 Å². The van der Waals surface area contributed by atoms with Crippen molar-refractivity contribution in [1.29, 1.82) is 0 Å². The number of fused-ring (bicyclic) bond motifs is 1. The minimum atomic E-state index is -0.745. The number of hydrogen-bond acceptors (Lipinski definition) is 6. The highest BCUT2D eigenvalue weighted by Gasteiger charge is 2.76. The van der Waals surface area contributed by atoms with Crippen molar-refractivity contribution in [3.8, 4) is 5.75 Å². The second-order valence-corrected chi connectivity index (χ2v) is 12.2. The van der Waals surface area contributed by atoms with Gasteiger partial charge in [0.25, 0.3) is 5.91 Å². The summed E-state index contributed by atoms with van der Waals surface area (Å²) < 4.78 is 4.58. The molecular weight excluding hydrogens is 514 g/mol. The smallest absolute Gasteiger partial charge is 0.251 e. The van der Waals surface area contributed by atoms with Gasteiger partial charge in [-0.15, -0.1) is 24.9 Å². The van der Waals surface area contributed by atoms with Crippen molar-refractivity contribution in [2.45, 2.75) is 49.1 Å². The van der Waals surface area contributed by atoms with Gasteiger partial charge in [0.15, 0.2) is 0 Å². The van der Waals surface area contributed by atoms with Crippen LogP contribution in [0, 0.1) is 17.8 Å². The molecule has 1 N–H and O–H groups in total. The maximum Gasteiger partial charge on any atom is 0.251 e. The summed E-state index contributed by atoms with van der Waals surface area (Å²) >= 11 is 1.67. The van der Waals surface area contributed by atoms with Crippen LogP contribution in [0.25, 0.3) is 0 Å². The molecular formula is C30H41N3O5S. The lowest BCUT2D eigenvalue weighted by molar-refractivity contribution is -0.144. The van der Waals surface area contributed by atoms with E-state index in [1.807, 2.05) is 19.1 Å². The zero-order chi connectivity index (χ0) is 28.3. The molecule has 3 fully saturated rings. The first kappa shape index (κ1) is 29.2. The van der Waals surface area contributed by atoms with E-state index in [9.17, 15) is 19.5 Å². The highest BCUT2D eigenvalue weighted by atomic mass is 32.2. The van der Waals surface area contributed by atoms with Gasteiger partial charge in [0.05, 0.1) is 23.7 Å². The van der Waals surface area contributed by atoms with E-state index in [0.717, 1.165) is 12.8 Å². The van der Waals surface area contributed by atoms with Crippen LogP contribution in [0.2, 0.25) is 0 Å². The number of hydrogen-bond donors (Lipinski definition) is 1. The number of benzene rings is 1. The number of thioether (sulfide) groups is 1. The molecule has 8 nitrogen and oxygen atoms in total. The number of likely N-dealkylation sites (tertiary alicyclic amines) is 1. The number of rotatable bonds is 13. The lowest BCUT2D eigenvalue weighted by Crippen LogP contribution is -2.57. The molecule has 6 atom stereocenters. The number of amides is 3. The van der Waals surface area contributed by atoms with E-state index in [2.05, 4.69) is 20.1 Å². The summed E-state index contributed by atoms with van der Waals surface area (Å²) in [5, 5.41) is 9.62. The van der Waals surface area contributed by atoms with E-state index in [0.29, 0.717) is 30.9 Å². The molecule has 212 valence electrons. The average Bonchev–Trinajstić information content (AvgIpc) is 3.53. The quantitative estimate of drug-likeness (QED) is 0.376. The van der Waals surface area contributed by atoms with Crippen LogP contribution in [-0.2, 0) is 14.4 Å². The minimum Gasteiger partial charge on any atom is -0.497 e. The Morgan fingerprint density at radius 3 is 2.49 bits per heavy atom. The molecule has 39 heavy (non-hydrogen) atoms. The zero-order valence-electron chi connectivity index (χ0n) is 23.3. The third-order valence-electron chi connectivity index (χ3n) is 8.44. The molecule has 1 aromatic carbocycles. The molecule has 1 spiro atoms. The monoisotopic (exact) mass is 555 g/mol. The second kappa shape index (κ2) is 12.2.